The van der Waals surface area contributed by atoms with Crippen molar-refractivity contribution in [2.24, 2.45) is 0 Å². The Morgan fingerprint density at radius 3 is 2.34 bits per heavy atom. The molecule has 1 aromatic heterocycles. The molecule has 0 saturated carbocycles. The Hall–Kier alpha value is -3.58. The molecule has 0 spiro atoms. The van der Waals surface area contributed by atoms with Crippen LogP contribution in [-0.2, 0) is 11.3 Å². The number of ether oxygens (including phenoxy) is 1. The summed E-state index contributed by atoms with van der Waals surface area (Å²) in [5.74, 6) is 1.61. The first-order valence-corrected chi connectivity index (χ1v) is 11.3. The number of nitrogens with zero attached hydrogens (tertiary/aromatic N) is 3. The molecule has 1 heterocycles. The highest BCUT2D eigenvalue weighted by Crippen LogP contribution is 2.31. The van der Waals surface area contributed by atoms with Crippen molar-refractivity contribution in [2.45, 2.75) is 18.6 Å². The van der Waals surface area contributed by atoms with Gasteiger partial charge >= 0.3 is 0 Å². The zero-order valence-corrected chi connectivity index (χ0v) is 18.8. The molecule has 0 atom stereocenters. The number of hydrogen-bond donors (Lipinski definition) is 1. The number of amides is 1. The van der Waals surface area contributed by atoms with Gasteiger partial charge in [-0.05, 0) is 42.3 Å². The molecule has 0 bridgehead atoms. The average molecular weight is 445 g/mol. The highest BCUT2D eigenvalue weighted by molar-refractivity contribution is 7.99. The molecular weight excluding hydrogens is 420 g/mol. The Morgan fingerprint density at radius 1 is 0.938 bits per heavy atom. The van der Waals surface area contributed by atoms with Crippen LogP contribution in [0.1, 0.15) is 6.92 Å². The Labute approximate surface area is 191 Å². The van der Waals surface area contributed by atoms with Crippen LogP contribution in [0.5, 0.6) is 5.75 Å². The van der Waals surface area contributed by atoms with E-state index >= 15 is 0 Å². The van der Waals surface area contributed by atoms with Crippen molar-refractivity contribution < 1.29 is 9.53 Å². The summed E-state index contributed by atoms with van der Waals surface area (Å²) in [6.45, 7) is 2.71. The van der Waals surface area contributed by atoms with Crippen molar-refractivity contribution in [3.05, 3.63) is 78.9 Å². The smallest absolute Gasteiger partial charge is 0.234 e. The number of methoxy groups -OCH3 is 1. The van der Waals surface area contributed by atoms with Gasteiger partial charge in [0.2, 0.25) is 5.91 Å². The van der Waals surface area contributed by atoms with Gasteiger partial charge in [-0.25, -0.2) is 0 Å². The second-order valence-electron chi connectivity index (χ2n) is 7.03. The maximum atomic E-state index is 12.5. The van der Waals surface area contributed by atoms with Crippen LogP contribution in [0.3, 0.4) is 0 Å². The molecular formula is C25H24N4O2S. The topological polar surface area (TPSA) is 69.0 Å². The van der Waals surface area contributed by atoms with E-state index in [0.29, 0.717) is 11.7 Å². The van der Waals surface area contributed by atoms with Crippen molar-refractivity contribution in [1.82, 2.24) is 14.8 Å². The molecule has 1 N–H and O–H groups in total. The molecule has 1 amide bonds. The SMILES string of the molecule is CCn1c(SCC(=O)Nc2ccc(-c3ccccc3)cc2)nnc1-c1ccccc1OC. The van der Waals surface area contributed by atoms with E-state index in [0.717, 1.165) is 34.0 Å². The lowest BCUT2D eigenvalue weighted by atomic mass is 10.1. The summed E-state index contributed by atoms with van der Waals surface area (Å²) >= 11 is 1.36. The molecule has 3 aromatic carbocycles. The number of benzene rings is 3. The van der Waals surface area contributed by atoms with Crippen molar-refractivity contribution in [2.75, 3.05) is 18.2 Å². The summed E-state index contributed by atoms with van der Waals surface area (Å²) in [5.41, 5.74) is 3.89. The summed E-state index contributed by atoms with van der Waals surface area (Å²) in [6.07, 6.45) is 0. The first kappa shape index (κ1) is 21.6. The molecule has 4 aromatic rings. The fourth-order valence-corrected chi connectivity index (χ4v) is 4.22. The first-order valence-electron chi connectivity index (χ1n) is 10.3. The normalized spacial score (nSPS) is 10.7. The lowest BCUT2D eigenvalue weighted by Crippen LogP contribution is -2.14. The van der Waals surface area contributed by atoms with Gasteiger partial charge in [-0.3, -0.25) is 4.79 Å². The maximum Gasteiger partial charge on any atom is 0.234 e. The minimum atomic E-state index is -0.0908. The summed E-state index contributed by atoms with van der Waals surface area (Å²) in [5, 5.41) is 12.3. The van der Waals surface area contributed by atoms with Crippen LogP contribution in [-0.4, -0.2) is 33.5 Å². The molecule has 162 valence electrons. The second kappa shape index (κ2) is 10.2. The van der Waals surface area contributed by atoms with Crippen LogP contribution in [0.2, 0.25) is 0 Å². The Kier molecular flexibility index (Phi) is 6.87. The van der Waals surface area contributed by atoms with E-state index in [1.165, 1.54) is 11.8 Å². The van der Waals surface area contributed by atoms with Crippen LogP contribution in [0.15, 0.2) is 84.0 Å². The van der Waals surface area contributed by atoms with Crippen LogP contribution < -0.4 is 10.1 Å². The monoisotopic (exact) mass is 444 g/mol. The summed E-state index contributed by atoms with van der Waals surface area (Å²) < 4.78 is 7.45. The zero-order valence-electron chi connectivity index (χ0n) is 18.0. The number of nitrogens with one attached hydrogen (secondary N) is 1. The Morgan fingerprint density at radius 2 is 1.62 bits per heavy atom. The molecule has 7 heteroatoms. The van der Waals surface area contributed by atoms with E-state index in [-0.39, 0.29) is 11.7 Å². The van der Waals surface area contributed by atoms with Crippen molar-refractivity contribution in [3.63, 3.8) is 0 Å². The fourth-order valence-electron chi connectivity index (χ4n) is 3.41. The zero-order chi connectivity index (χ0) is 22.3. The standard InChI is InChI=1S/C25H24N4O2S/c1-3-29-24(21-11-7-8-12-22(21)31-2)27-28-25(29)32-17-23(30)26-20-15-13-19(14-16-20)18-9-5-4-6-10-18/h4-16H,3,17H2,1-2H3,(H,26,30). The highest BCUT2D eigenvalue weighted by atomic mass is 32.2. The van der Waals surface area contributed by atoms with E-state index in [1.54, 1.807) is 7.11 Å². The van der Waals surface area contributed by atoms with Crippen molar-refractivity contribution in [3.8, 4) is 28.3 Å². The number of thioether (sulfide) groups is 1. The van der Waals surface area contributed by atoms with Crippen molar-refractivity contribution in [1.29, 1.82) is 0 Å². The van der Waals surface area contributed by atoms with E-state index in [2.05, 4.69) is 27.6 Å². The van der Waals surface area contributed by atoms with Gasteiger partial charge in [0.15, 0.2) is 11.0 Å². The van der Waals surface area contributed by atoms with Crippen molar-refractivity contribution >= 4 is 23.4 Å². The number of aromatic nitrogens is 3. The number of carbonyl (C=O) groups is 1. The van der Waals surface area contributed by atoms with Crippen LogP contribution in [0, 0.1) is 0 Å². The van der Waals surface area contributed by atoms with Crippen LogP contribution in [0.4, 0.5) is 5.69 Å². The molecule has 0 aliphatic heterocycles. The molecule has 0 radical (unpaired) electrons. The fraction of sp³-hybridized carbons (Fsp3) is 0.160. The van der Waals surface area contributed by atoms with Gasteiger partial charge in [-0.15, -0.1) is 10.2 Å². The van der Waals surface area contributed by atoms with Crippen LogP contribution >= 0.6 is 11.8 Å². The first-order chi connectivity index (χ1) is 15.7. The van der Waals surface area contributed by atoms with Gasteiger partial charge in [-0.1, -0.05) is 66.4 Å². The number of hydrogen-bond acceptors (Lipinski definition) is 5. The van der Waals surface area contributed by atoms with Crippen LogP contribution in [0.25, 0.3) is 22.5 Å². The molecule has 0 aliphatic rings. The number of para-hydroxylation sites is 1. The van der Waals surface area contributed by atoms with Gasteiger partial charge in [0.05, 0.1) is 18.4 Å². The summed E-state index contributed by atoms with van der Waals surface area (Å²) in [4.78, 5) is 12.5. The minimum Gasteiger partial charge on any atom is -0.496 e. The lowest BCUT2D eigenvalue weighted by molar-refractivity contribution is -0.113. The number of carbonyl (C=O) groups excluding carboxylic acids is 1. The average Bonchev–Trinajstić information content (AvgIpc) is 3.26. The predicted molar refractivity (Wildman–Crippen MR) is 129 cm³/mol. The largest absolute Gasteiger partial charge is 0.496 e. The third-order valence-corrected chi connectivity index (χ3v) is 5.96. The summed E-state index contributed by atoms with van der Waals surface area (Å²) in [7, 11) is 1.64. The predicted octanol–water partition coefficient (Wildman–Crippen LogP) is 5.37. The third kappa shape index (κ3) is 4.84. The molecule has 4 rings (SSSR count). The molecule has 6 nitrogen and oxygen atoms in total. The third-order valence-electron chi connectivity index (χ3n) is 4.99. The lowest BCUT2D eigenvalue weighted by Gasteiger charge is -2.10. The molecule has 0 aliphatic carbocycles. The molecule has 0 fully saturated rings. The van der Waals surface area contributed by atoms with Gasteiger partial charge in [0.25, 0.3) is 0 Å². The van der Waals surface area contributed by atoms with E-state index < -0.39 is 0 Å². The molecule has 0 saturated heterocycles. The maximum absolute atomic E-state index is 12.5. The molecule has 0 unspecified atom stereocenters. The Bertz CT molecular complexity index is 1190. The number of rotatable bonds is 8. The van der Waals surface area contributed by atoms with Gasteiger partial charge in [0.1, 0.15) is 5.75 Å². The van der Waals surface area contributed by atoms with Gasteiger partial charge in [-0.2, -0.15) is 0 Å². The summed E-state index contributed by atoms with van der Waals surface area (Å²) in [6, 6.07) is 25.7. The molecule has 32 heavy (non-hydrogen) atoms. The Balaban J connectivity index is 1.41. The number of anilines is 1. The van der Waals surface area contributed by atoms with Gasteiger partial charge in [0, 0.05) is 12.2 Å². The van der Waals surface area contributed by atoms with E-state index in [1.807, 2.05) is 78.2 Å². The van der Waals surface area contributed by atoms with E-state index in [4.69, 9.17) is 4.74 Å². The quantitative estimate of drug-likeness (QED) is 0.370. The second-order valence-corrected chi connectivity index (χ2v) is 7.97. The van der Waals surface area contributed by atoms with Gasteiger partial charge < -0.3 is 14.6 Å². The highest BCUT2D eigenvalue weighted by Gasteiger charge is 2.17. The minimum absolute atomic E-state index is 0.0908. The van der Waals surface area contributed by atoms with E-state index in [9.17, 15) is 4.79 Å².